The third kappa shape index (κ3) is 4.13. The van der Waals surface area contributed by atoms with Crippen molar-refractivity contribution in [1.29, 1.82) is 0 Å². The molecule has 0 N–H and O–H groups in total. The fraction of sp³-hybridized carbons (Fsp3) is 0.562. The highest BCUT2D eigenvalue weighted by atomic mass is 19.1. The lowest BCUT2D eigenvalue weighted by Crippen LogP contribution is -2.38. The van der Waals surface area contributed by atoms with Crippen molar-refractivity contribution in [2.45, 2.75) is 33.1 Å². The lowest BCUT2D eigenvalue weighted by atomic mass is 9.82. The second-order valence-electron chi connectivity index (χ2n) is 6.19. The molecule has 0 atom stereocenters. The van der Waals surface area contributed by atoms with E-state index in [4.69, 9.17) is 0 Å². The molecule has 0 unspecified atom stereocenters. The first kappa shape index (κ1) is 14.2. The Balaban J connectivity index is 1.81. The van der Waals surface area contributed by atoms with Crippen LogP contribution in [-0.2, 0) is 0 Å². The van der Waals surface area contributed by atoms with Gasteiger partial charge in [0.05, 0.1) is 0 Å². The van der Waals surface area contributed by atoms with E-state index in [-0.39, 0.29) is 11.6 Å². The Morgan fingerprint density at radius 2 is 2.00 bits per heavy atom. The first-order valence-corrected chi connectivity index (χ1v) is 6.97. The quantitative estimate of drug-likeness (QED) is 0.775. The molecule has 1 aromatic rings. The third-order valence-electron chi connectivity index (χ3n) is 4.01. The zero-order chi connectivity index (χ0) is 13.9. The fourth-order valence-corrected chi connectivity index (χ4v) is 2.45. The van der Waals surface area contributed by atoms with Gasteiger partial charge in [0.25, 0.3) is 0 Å². The molecule has 0 radical (unpaired) electrons. The topological polar surface area (TPSA) is 20.3 Å². The van der Waals surface area contributed by atoms with Gasteiger partial charge in [-0.3, -0.25) is 4.79 Å². The third-order valence-corrected chi connectivity index (χ3v) is 4.01. The summed E-state index contributed by atoms with van der Waals surface area (Å²) in [5, 5.41) is 0. The summed E-state index contributed by atoms with van der Waals surface area (Å²) in [6, 6.07) is 5.96. The van der Waals surface area contributed by atoms with E-state index < -0.39 is 0 Å². The molecule has 1 aromatic carbocycles. The highest BCUT2D eigenvalue weighted by molar-refractivity contribution is 5.96. The highest BCUT2D eigenvalue weighted by Gasteiger charge is 2.25. The Morgan fingerprint density at radius 3 is 2.63 bits per heavy atom. The van der Waals surface area contributed by atoms with Crippen LogP contribution in [0.1, 0.15) is 43.5 Å². The number of nitrogens with zero attached hydrogens (tertiary/aromatic N) is 1. The Kier molecular flexibility index (Phi) is 4.35. The van der Waals surface area contributed by atoms with Crippen LogP contribution in [0.4, 0.5) is 4.39 Å². The summed E-state index contributed by atoms with van der Waals surface area (Å²) in [4.78, 5) is 14.3. The molecule has 1 aliphatic rings. The minimum atomic E-state index is -0.342. The Morgan fingerprint density at radius 1 is 1.32 bits per heavy atom. The maximum atomic E-state index is 13.0. The summed E-state index contributed by atoms with van der Waals surface area (Å²) in [5.41, 5.74) is 0.917. The predicted molar refractivity (Wildman–Crippen MR) is 74.8 cm³/mol. The van der Waals surface area contributed by atoms with Crippen molar-refractivity contribution in [3.8, 4) is 0 Å². The van der Waals surface area contributed by atoms with Crippen LogP contribution in [-0.4, -0.2) is 30.3 Å². The molecule has 104 valence electrons. The van der Waals surface area contributed by atoms with Gasteiger partial charge in [-0.05, 0) is 43.5 Å². The van der Waals surface area contributed by atoms with Crippen LogP contribution in [0.25, 0.3) is 0 Å². The predicted octanol–water partition coefficient (Wildman–Crippen LogP) is 3.52. The molecule has 2 rings (SSSR count). The van der Waals surface area contributed by atoms with Gasteiger partial charge in [-0.25, -0.2) is 4.39 Å². The Labute approximate surface area is 114 Å². The van der Waals surface area contributed by atoms with Gasteiger partial charge in [-0.1, -0.05) is 26.0 Å². The van der Waals surface area contributed by atoms with E-state index in [2.05, 4.69) is 18.7 Å². The van der Waals surface area contributed by atoms with Crippen LogP contribution in [0.5, 0.6) is 0 Å². The van der Waals surface area contributed by atoms with Crippen LogP contribution in [0.3, 0.4) is 0 Å². The van der Waals surface area contributed by atoms with Crippen molar-refractivity contribution in [1.82, 2.24) is 4.90 Å². The summed E-state index contributed by atoms with van der Waals surface area (Å²) in [6.07, 6.45) is 2.84. The minimum absolute atomic E-state index is 0.0318. The van der Waals surface area contributed by atoms with E-state index in [1.807, 2.05) is 0 Å². The van der Waals surface area contributed by atoms with Gasteiger partial charge in [-0.15, -0.1) is 0 Å². The second-order valence-corrected chi connectivity index (χ2v) is 6.19. The zero-order valence-electron chi connectivity index (χ0n) is 11.8. The number of carbonyl (C=O) groups excluding carboxylic acids is 1. The van der Waals surface area contributed by atoms with Crippen molar-refractivity contribution in [3.05, 3.63) is 35.6 Å². The van der Waals surface area contributed by atoms with Crippen LogP contribution in [0.15, 0.2) is 24.3 Å². The summed E-state index contributed by atoms with van der Waals surface area (Å²) in [7, 11) is 0. The first-order chi connectivity index (χ1) is 8.96. The average molecular weight is 263 g/mol. The molecule has 1 saturated heterocycles. The molecule has 0 bridgehead atoms. The van der Waals surface area contributed by atoms with Crippen molar-refractivity contribution >= 4 is 5.78 Å². The minimum Gasteiger partial charge on any atom is -0.303 e. The molecule has 0 spiro atoms. The van der Waals surface area contributed by atoms with Gasteiger partial charge in [0.1, 0.15) is 5.82 Å². The lowest BCUT2D eigenvalue weighted by Gasteiger charge is -2.36. The number of hydrogen-bond acceptors (Lipinski definition) is 2. The van der Waals surface area contributed by atoms with Gasteiger partial charge >= 0.3 is 0 Å². The molecule has 0 saturated carbocycles. The largest absolute Gasteiger partial charge is 0.303 e. The summed E-state index contributed by atoms with van der Waals surface area (Å²) >= 11 is 0. The van der Waals surface area contributed by atoms with E-state index >= 15 is 0 Å². The van der Waals surface area contributed by atoms with E-state index in [1.54, 1.807) is 12.1 Å². The van der Waals surface area contributed by atoms with Crippen LogP contribution in [0, 0.1) is 11.2 Å². The van der Waals surface area contributed by atoms with Crippen molar-refractivity contribution in [2.24, 2.45) is 5.41 Å². The number of hydrogen-bond donors (Lipinski definition) is 0. The lowest BCUT2D eigenvalue weighted by molar-refractivity contribution is 0.0926. The number of benzene rings is 1. The highest BCUT2D eigenvalue weighted by Crippen LogP contribution is 2.29. The molecule has 1 fully saturated rings. The monoisotopic (exact) mass is 263 g/mol. The van der Waals surface area contributed by atoms with Crippen LogP contribution >= 0.6 is 0 Å². The number of rotatable bonds is 4. The van der Waals surface area contributed by atoms with Gasteiger partial charge in [0.2, 0.25) is 0 Å². The molecule has 1 aliphatic heterocycles. The van der Waals surface area contributed by atoms with Gasteiger partial charge in [0, 0.05) is 18.5 Å². The number of halogens is 1. The molecule has 3 heteroatoms. The van der Waals surface area contributed by atoms with E-state index in [0.717, 1.165) is 19.6 Å². The Bertz CT molecular complexity index is 446. The standard InChI is InChI=1S/C16H22FNO/c1-16(2)7-10-18(11-8-16)9-6-15(19)13-4-3-5-14(17)12-13/h3-5,12H,6-11H2,1-2H3. The zero-order valence-corrected chi connectivity index (χ0v) is 11.8. The smallest absolute Gasteiger partial charge is 0.164 e. The average Bonchev–Trinajstić information content (AvgIpc) is 2.37. The van der Waals surface area contributed by atoms with E-state index in [9.17, 15) is 9.18 Å². The molecule has 1 heterocycles. The van der Waals surface area contributed by atoms with E-state index in [1.165, 1.54) is 25.0 Å². The summed E-state index contributed by atoms with van der Waals surface area (Å²) < 4.78 is 13.0. The van der Waals surface area contributed by atoms with Crippen molar-refractivity contribution < 1.29 is 9.18 Å². The number of ketones is 1. The van der Waals surface area contributed by atoms with Crippen LogP contribution in [0.2, 0.25) is 0 Å². The van der Waals surface area contributed by atoms with Crippen LogP contribution < -0.4 is 0 Å². The maximum Gasteiger partial charge on any atom is 0.164 e. The fourth-order valence-electron chi connectivity index (χ4n) is 2.45. The Hall–Kier alpha value is -1.22. The maximum absolute atomic E-state index is 13.0. The number of carbonyl (C=O) groups is 1. The molecule has 0 aliphatic carbocycles. The van der Waals surface area contributed by atoms with Gasteiger partial charge in [0.15, 0.2) is 5.78 Å². The molecular weight excluding hydrogens is 241 g/mol. The number of likely N-dealkylation sites (tertiary alicyclic amines) is 1. The molecule has 0 amide bonds. The van der Waals surface area contributed by atoms with Gasteiger partial charge in [-0.2, -0.15) is 0 Å². The normalized spacial score (nSPS) is 19.3. The number of piperidine rings is 1. The van der Waals surface area contributed by atoms with E-state index in [0.29, 0.717) is 17.4 Å². The second kappa shape index (κ2) is 5.83. The molecule has 0 aromatic heterocycles. The molecule has 2 nitrogen and oxygen atoms in total. The molecule has 19 heavy (non-hydrogen) atoms. The summed E-state index contributed by atoms with van der Waals surface area (Å²) in [6.45, 7) is 7.49. The summed E-state index contributed by atoms with van der Waals surface area (Å²) in [5.74, 6) is -0.310. The first-order valence-electron chi connectivity index (χ1n) is 6.97. The van der Waals surface area contributed by atoms with Gasteiger partial charge < -0.3 is 4.90 Å². The number of Topliss-reactive ketones (excluding diaryl/α,β-unsaturated/α-hetero) is 1. The van der Waals surface area contributed by atoms with Crippen molar-refractivity contribution in [3.63, 3.8) is 0 Å². The molecular formula is C16H22FNO. The SMILES string of the molecule is CC1(C)CCN(CCC(=O)c2cccc(F)c2)CC1. The van der Waals surface area contributed by atoms with Crippen molar-refractivity contribution in [2.75, 3.05) is 19.6 Å².